The molecule has 1 aliphatic heterocycles. The average molecular weight is 186 g/mol. The van der Waals surface area contributed by atoms with Crippen molar-refractivity contribution in [1.82, 2.24) is 10.2 Å². The Labute approximate surface area is 81.1 Å². The van der Waals surface area contributed by atoms with Crippen LogP contribution >= 0.6 is 0 Å². The highest BCUT2D eigenvalue weighted by molar-refractivity contribution is 4.79. The van der Waals surface area contributed by atoms with Crippen LogP contribution in [0.15, 0.2) is 0 Å². The zero-order chi connectivity index (χ0) is 9.52. The van der Waals surface area contributed by atoms with Crippen LogP contribution in [0.3, 0.4) is 0 Å². The maximum absolute atomic E-state index is 8.75. The number of aliphatic hydroxyl groups is 1. The van der Waals surface area contributed by atoms with Crippen LogP contribution in [-0.2, 0) is 0 Å². The molecule has 1 heterocycles. The highest BCUT2D eigenvalue weighted by Gasteiger charge is 2.22. The van der Waals surface area contributed by atoms with Gasteiger partial charge in [-0.1, -0.05) is 0 Å². The predicted molar refractivity (Wildman–Crippen MR) is 54.8 cm³/mol. The molecule has 1 rings (SSSR count). The molecule has 1 atom stereocenters. The normalized spacial score (nSPS) is 24.0. The van der Waals surface area contributed by atoms with Crippen LogP contribution in [-0.4, -0.2) is 49.3 Å². The van der Waals surface area contributed by atoms with E-state index in [1.54, 1.807) is 0 Å². The molecular weight excluding hydrogens is 164 g/mol. The van der Waals surface area contributed by atoms with Gasteiger partial charge in [0.05, 0.1) is 0 Å². The molecular formula is C10H22N2O. The zero-order valence-corrected chi connectivity index (χ0v) is 8.63. The summed E-state index contributed by atoms with van der Waals surface area (Å²) in [6.07, 6.45) is 4.85. The molecule has 0 radical (unpaired) electrons. The number of nitrogens with zero attached hydrogens (tertiary/aromatic N) is 1. The van der Waals surface area contributed by atoms with Crippen molar-refractivity contribution < 1.29 is 5.11 Å². The molecule has 1 saturated heterocycles. The molecule has 0 aromatic rings. The monoisotopic (exact) mass is 186 g/mol. The van der Waals surface area contributed by atoms with E-state index in [1.807, 2.05) is 7.05 Å². The first-order chi connectivity index (χ1) is 6.38. The molecule has 2 N–H and O–H groups in total. The molecule has 1 fully saturated rings. The van der Waals surface area contributed by atoms with Crippen molar-refractivity contribution in [3.05, 3.63) is 0 Å². The van der Waals surface area contributed by atoms with Crippen LogP contribution in [0.2, 0.25) is 0 Å². The second-order valence-electron chi connectivity index (χ2n) is 3.80. The Bertz CT molecular complexity index is 116. The smallest absolute Gasteiger partial charge is 0.0443 e. The Morgan fingerprint density at radius 1 is 1.54 bits per heavy atom. The van der Waals surface area contributed by atoms with Crippen molar-refractivity contribution in [2.75, 3.05) is 33.3 Å². The van der Waals surface area contributed by atoms with Gasteiger partial charge in [-0.25, -0.2) is 0 Å². The second-order valence-corrected chi connectivity index (χ2v) is 3.80. The summed E-state index contributed by atoms with van der Waals surface area (Å²) in [4.78, 5) is 2.52. The van der Waals surface area contributed by atoms with Gasteiger partial charge in [0, 0.05) is 19.2 Å². The van der Waals surface area contributed by atoms with E-state index in [-0.39, 0.29) is 0 Å². The summed E-state index contributed by atoms with van der Waals surface area (Å²) in [6, 6.07) is 0.763. The predicted octanol–water partition coefficient (Wildman–Crippen LogP) is 0.443. The van der Waals surface area contributed by atoms with Gasteiger partial charge < -0.3 is 15.3 Å². The molecule has 0 aliphatic carbocycles. The lowest BCUT2D eigenvalue weighted by atomic mass is 10.1. The minimum Gasteiger partial charge on any atom is -0.396 e. The van der Waals surface area contributed by atoms with E-state index in [0.29, 0.717) is 6.61 Å². The Morgan fingerprint density at radius 2 is 2.38 bits per heavy atom. The molecule has 13 heavy (non-hydrogen) atoms. The third kappa shape index (κ3) is 3.63. The molecule has 1 unspecified atom stereocenters. The summed E-state index contributed by atoms with van der Waals surface area (Å²) < 4.78 is 0. The Kier molecular flexibility index (Phi) is 5.35. The first-order valence-corrected chi connectivity index (χ1v) is 5.38. The van der Waals surface area contributed by atoms with Gasteiger partial charge >= 0.3 is 0 Å². The average Bonchev–Trinajstić information content (AvgIpc) is 2.59. The van der Waals surface area contributed by atoms with Crippen molar-refractivity contribution in [2.45, 2.75) is 31.7 Å². The summed E-state index contributed by atoms with van der Waals surface area (Å²) in [6.45, 7) is 3.74. The number of nitrogens with one attached hydrogen (secondary N) is 1. The molecule has 0 amide bonds. The van der Waals surface area contributed by atoms with Crippen LogP contribution < -0.4 is 5.32 Å². The Morgan fingerprint density at radius 3 is 3.08 bits per heavy atom. The van der Waals surface area contributed by atoms with Crippen molar-refractivity contribution in [3.63, 3.8) is 0 Å². The maximum atomic E-state index is 8.75. The van der Waals surface area contributed by atoms with Crippen LogP contribution in [0, 0.1) is 0 Å². The fourth-order valence-electron chi connectivity index (χ4n) is 2.10. The third-order valence-electron chi connectivity index (χ3n) is 2.83. The van der Waals surface area contributed by atoms with E-state index in [1.165, 1.54) is 25.8 Å². The maximum Gasteiger partial charge on any atom is 0.0443 e. The highest BCUT2D eigenvalue weighted by atomic mass is 16.3. The van der Waals surface area contributed by atoms with Gasteiger partial charge in [0.25, 0.3) is 0 Å². The molecule has 78 valence electrons. The van der Waals surface area contributed by atoms with E-state index in [2.05, 4.69) is 10.2 Å². The Balaban J connectivity index is 2.18. The van der Waals surface area contributed by atoms with Crippen LogP contribution in [0.1, 0.15) is 25.7 Å². The van der Waals surface area contributed by atoms with Crippen LogP contribution in [0.25, 0.3) is 0 Å². The molecule has 0 saturated carbocycles. The fourth-order valence-corrected chi connectivity index (χ4v) is 2.10. The molecule has 0 bridgehead atoms. The van der Waals surface area contributed by atoms with E-state index in [9.17, 15) is 0 Å². The van der Waals surface area contributed by atoms with Gasteiger partial charge in [0.15, 0.2) is 0 Å². The number of aliphatic hydroxyl groups excluding tert-OH is 1. The zero-order valence-electron chi connectivity index (χ0n) is 8.63. The van der Waals surface area contributed by atoms with E-state index in [0.717, 1.165) is 25.6 Å². The molecule has 0 aromatic heterocycles. The first-order valence-electron chi connectivity index (χ1n) is 5.38. The largest absolute Gasteiger partial charge is 0.396 e. The summed E-state index contributed by atoms with van der Waals surface area (Å²) >= 11 is 0. The van der Waals surface area contributed by atoms with Crippen molar-refractivity contribution in [1.29, 1.82) is 0 Å². The molecule has 0 aromatic carbocycles. The van der Waals surface area contributed by atoms with Gasteiger partial charge in [-0.05, 0) is 45.8 Å². The summed E-state index contributed by atoms with van der Waals surface area (Å²) in [5.41, 5.74) is 0. The minimum atomic E-state index is 0.329. The highest BCUT2D eigenvalue weighted by Crippen LogP contribution is 2.19. The van der Waals surface area contributed by atoms with E-state index in [4.69, 9.17) is 5.11 Å². The lowest BCUT2D eigenvalue weighted by Gasteiger charge is -2.23. The fraction of sp³-hybridized carbons (Fsp3) is 1.00. The number of rotatable bonds is 6. The molecule has 3 heteroatoms. The lowest BCUT2D eigenvalue weighted by molar-refractivity contribution is 0.206. The quantitative estimate of drug-likeness (QED) is 0.632. The molecule has 0 spiro atoms. The molecule has 3 nitrogen and oxygen atoms in total. The second kappa shape index (κ2) is 6.35. The molecule has 1 aliphatic rings. The van der Waals surface area contributed by atoms with Gasteiger partial charge in [-0.15, -0.1) is 0 Å². The number of likely N-dealkylation sites (tertiary alicyclic amines) is 1. The minimum absolute atomic E-state index is 0.329. The summed E-state index contributed by atoms with van der Waals surface area (Å²) in [5.74, 6) is 0. The SMILES string of the molecule is CNCCC1CCCN1CCCO. The van der Waals surface area contributed by atoms with Gasteiger partial charge in [-0.2, -0.15) is 0 Å². The number of hydrogen-bond acceptors (Lipinski definition) is 3. The van der Waals surface area contributed by atoms with Crippen LogP contribution in [0.5, 0.6) is 0 Å². The first kappa shape index (κ1) is 11.0. The van der Waals surface area contributed by atoms with E-state index < -0.39 is 0 Å². The standard InChI is InChI=1S/C10H22N2O/c1-11-6-5-10-4-2-7-12(10)8-3-9-13/h10-11,13H,2-9H2,1H3. The number of hydrogen-bond donors (Lipinski definition) is 2. The van der Waals surface area contributed by atoms with Gasteiger partial charge in [-0.3, -0.25) is 0 Å². The van der Waals surface area contributed by atoms with Crippen LogP contribution in [0.4, 0.5) is 0 Å². The third-order valence-corrected chi connectivity index (χ3v) is 2.83. The Hall–Kier alpha value is -0.120. The van der Waals surface area contributed by atoms with Crippen molar-refractivity contribution in [3.8, 4) is 0 Å². The van der Waals surface area contributed by atoms with Crippen molar-refractivity contribution >= 4 is 0 Å². The van der Waals surface area contributed by atoms with E-state index >= 15 is 0 Å². The van der Waals surface area contributed by atoms with Gasteiger partial charge in [0.2, 0.25) is 0 Å². The van der Waals surface area contributed by atoms with Crippen molar-refractivity contribution in [2.24, 2.45) is 0 Å². The summed E-state index contributed by atoms with van der Waals surface area (Å²) in [7, 11) is 2.01. The summed E-state index contributed by atoms with van der Waals surface area (Å²) in [5, 5.41) is 11.9. The topological polar surface area (TPSA) is 35.5 Å². The van der Waals surface area contributed by atoms with Gasteiger partial charge in [0.1, 0.15) is 0 Å². The lowest BCUT2D eigenvalue weighted by Crippen LogP contribution is -2.32.